The molecule has 144 valence electrons. The highest BCUT2D eigenvalue weighted by Crippen LogP contribution is 2.28. The molecule has 27 heavy (non-hydrogen) atoms. The van der Waals surface area contributed by atoms with E-state index in [2.05, 4.69) is 16.8 Å². The standard InChI is InChI=1S/C20H28N6O/c1-6-25(5)14(2)20(27)26-12-10-15-17(13-26)22-18(23-19(15)24(3)4)16-9-7-8-11-21-16/h7-9,11,14H,6,10,12-13H2,1-5H3. The first kappa shape index (κ1) is 19.2. The number of nitrogens with zero attached hydrogens (tertiary/aromatic N) is 6. The summed E-state index contributed by atoms with van der Waals surface area (Å²) in [6, 6.07) is 5.58. The lowest BCUT2D eigenvalue weighted by Crippen LogP contribution is -2.47. The van der Waals surface area contributed by atoms with E-state index in [-0.39, 0.29) is 11.9 Å². The number of aromatic nitrogens is 3. The molecule has 1 amide bonds. The Kier molecular flexibility index (Phi) is 5.70. The molecule has 7 heteroatoms. The van der Waals surface area contributed by atoms with E-state index >= 15 is 0 Å². The van der Waals surface area contributed by atoms with Crippen molar-refractivity contribution < 1.29 is 4.79 Å². The fraction of sp³-hybridized carbons (Fsp3) is 0.500. The number of amides is 1. The SMILES string of the molecule is CCN(C)C(C)C(=O)N1CCc2c(nc(-c3ccccn3)nc2N(C)C)C1. The third kappa shape index (κ3) is 3.93. The van der Waals surface area contributed by atoms with Crippen LogP contribution in [-0.2, 0) is 17.8 Å². The van der Waals surface area contributed by atoms with Crippen molar-refractivity contribution in [2.45, 2.75) is 32.9 Å². The Bertz CT molecular complexity index is 808. The van der Waals surface area contributed by atoms with Crippen molar-refractivity contribution in [2.24, 2.45) is 0 Å². The van der Waals surface area contributed by atoms with Gasteiger partial charge in [-0.05, 0) is 39.1 Å². The summed E-state index contributed by atoms with van der Waals surface area (Å²) in [5, 5.41) is 0. The first-order valence-corrected chi connectivity index (χ1v) is 9.40. The molecular weight excluding hydrogens is 340 g/mol. The van der Waals surface area contributed by atoms with Gasteiger partial charge in [-0.2, -0.15) is 0 Å². The normalized spacial score (nSPS) is 14.8. The van der Waals surface area contributed by atoms with E-state index in [4.69, 9.17) is 9.97 Å². The zero-order valence-corrected chi connectivity index (χ0v) is 16.8. The van der Waals surface area contributed by atoms with E-state index in [1.54, 1.807) is 6.20 Å². The first-order chi connectivity index (χ1) is 12.9. The molecular formula is C20H28N6O. The van der Waals surface area contributed by atoms with Crippen LogP contribution >= 0.6 is 0 Å². The van der Waals surface area contributed by atoms with Gasteiger partial charge in [-0.15, -0.1) is 0 Å². The highest BCUT2D eigenvalue weighted by molar-refractivity contribution is 5.81. The van der Waals surface area contributed by atoms with Crippen LogP contribution < -0.4 is 4.90 Å². The van der Waals surface area contributed by atoms with Crippen LogP contribution in [0.1, 0.15) is 25.1 Å². The Labute approximate surface area is 161 Å². The summed E-state index contributed by atoms with van der Waals surface area (Å²) < 4.78 is 0. The van der Waals surface area contributed by atoms with Crippen LogP contribution in [0.25, 0.3) is 11.5 Å². The largest absolute Gasteiger partial charge is 0.362 e. The molecule has 0 N–H and O–H groups in total. The Hall–Kier alpha value is -2.54. The van der Waals surface area contributed by atoms with Crippen molar-refractivity contribution in [3.05, 3.63) is 35.7 Å². The van der Waals surface area contributed by atoms with Crippen molar-refractivity contribution in [3.8, 4) is 11.5 Å². The molecule has 3 heterocycles. The fourth-order valence-corrected chi connectivity index (χ4v) is 3.30. The van der Waals surface area contributed by atoms with Crippen LogP contribution in [0, 0.1) is 0 Å². The van der Waals surface area contributed by atoms with Crippen molar-refractivity contribution in [1.82, 2.24) is 24.8 Å². The Morgan fingerprint density at radius 3 is 2.67 bits per heavy atom. The molecule has 2 aromatic heterocycles. The molecule has 0 radical (unpaired) electrons. The van der Waals surface area contributed by atoms with E-state index in [1.165, 1.54) is 0 Å². The van der Waals surface area contributed by atoms with Crippen LogP contribution in [0.3, 0.4) is 0 Å². The third-order valence-corrected chi connectivity index (χ3v) is 5.19. The summed E-state index contributed by atoms with van der Waals surface area (Å²) in [5.74, 6) is 1.66. The molecule has 1 unspecified atom stereocenters. The van der Waals surface area contributed by atoms with Crippen LogP contribution in [0.5, 0.6) is 0 Å². The van der Waals surface area contributed by atoms with Crippen molar-refractivity contribution >= 4 is 11.7 Å². The maximum Gasteiger partial charge on any atom is 0.239 e. The maximum absolute atomic E-state index is 12.9. The predicted molar refractivity (Wildman–Crippen MR) is 106 cm³/mol. The molecule has 0 bridgehead atoms. The van der Waals surface area contributed by atoms with Gasteiger partial charge >= 0.3 is 0 Å². The van der Waals surface area contributed by atoms with Gasteiger partial charge in [0.15, 0.2) is 5.82 Å². The summed E-state index contributed by atoms with van der Waals surface area (Å²) in [7, 11) is 5.95. The van der Waals surface area contributed by atoms with Gasteiger partial charge in [0.2, 0.25) is 5.91 Å². The second-order valence-electron chi connectivity index (χ2n) is 7.16. The minimum absolute atomic E-state index is 0.137. The van der Waals surface area contributed by atoms with Gasteiger partial charge in [-0.1, -0.05) is 13.0 Å². The molecule has 1 aliphatic rings. The minimum Gasteiger partial charge on any atom is -0.362 e. The number of likely N-dealkylation sites (N-methyl/N-ethyl adjacent to an activating group) is 1. The third-order valence-electron chi connectivity index (χ3n) is 5.19. The zero-order chi connectivity index (χ0) is 19.6. The lowest BCUT2D eigenvalue weighted by molar-refractivity contribution is -0.136. The number of anilines is 1. The van der Waals surface area contributed by atoms with Gasteiger partial charge in [0.25, 0.3) is 0 Å². The van der Waals surface area contributed by atoms with E-state index < -0.39 is 0 Å². The van der Waals surface area contributed by atoms with Crippen LogP contribution in [0.15, 0.2) is 24.4 Å². The fourth-order valence-electron chi connectivity index (χ4n) is 3.30. The topological polar surface area (TPSA) is 65.5 Å². The minimum atomic E-state index is -0.137. The van der Waals surface area contributed by atoms with E-state index in [0.29, 0.717) is 18.9 Å². The summed E-state index contributed by atoms with van der Waals surface area (Å²) in [6.07, 6.45) is 2.51. The van der Waals surface area contributed by atoms with Crippen LogP contribution in [0.2, 0.25) is 0 Å². The highest BCUT2D eigenvalue weighted by atomic mass is 16.2. The first-order valence-electron chi connectivity index (χ1n) is 9.40. The van der Waals surface area contributed by atoms with Crippen molar-refractivity contribution in [2.75, 3.05) is 39.1 Å². The van der Waals surface area contributed by atoms with Gasteiger partial charge < -0.3 is 9.80 Å². The summed E-state index contributed by atoms with van der Waals surface area (Å²) in [6.45, 7) is 6.07. The van der Waals surface area contributed by atoms with Gasteiger partial charge in [0, 0.05) is 32.4 Å². The van der Waals surface area contributed by atoms with Crippen molar-refractivity contribution in [1.29, 1.82) is 0 Å². The van der Waals surface area contributed by atoms with E-state index in [9.17, 15) is 4.79 Å². The molecule has 7 nitrogen and oxygen atoms in total. The number of pyridine rings is 1. The number of rotatable bonds is 5. The second kappa shape index (κ2) is 8.00. The number of fused-ring (bicyclic) bond motifs is 1. The smallest absolute Gasteiger partial charge is 0.239 e. The highest BCUT2D eigenvalue weighted by Gasteiger charge is 2.29. The maximum atomic E-state index is 12.9. The predicted octanol–water partition coefficient (Wildman–Crippen LogP) is 1.83. The number of hydrogen-bond donors (Lipinski definition) is 0. The molecule has 0 saturated heterocycles. The van der Waals surface area contributed by atoms with Gasteiger partial charge in [0.05, 0.1) is 18.3 Å². The molecule has 3 rings (SSSR count). The average Bonchev–Trinajstić information content (AvgIpc) is 2.71. The molecule has 0 spiro atoms. The number of carbonyl (C=O) groups is 1. The molecule has 0 fully saturated rings. The molecule has 1 atom stereocenters. The van der Waals surface area contributed by atoms with Crippen LogP contribution in [-0.4, -0.2) is 70.9 Å². The number of hydrogen-bond acceptors (Lipinski definition) is 6. The second-order valence-corrected chi connectivity index (χ2v) is 7.16. The Morgan fingerprint density at radius 2 is 2.04 bits per heavy atom. The van der Waals surface area contributed by atoms with Crippen molar-refractivity contribution in [3.63, 3.8) is 0 Å². The van der Waals surface area contributed by atoms with Crippen LogP contribution in [0.4, 0.5) is 5.82 Å². The van der Waals surface area contributed by atoms with Gasteiger partial charge in [-0.25, -0.2) is 9.97 Å². The Balaban J connectivity index is 1.95. The quantitative estimate of drug-likeness (QED) is 0.802. The molecule has 2 aromatic rings. The molecule has 1 aliphatic heterocycles. The number of carbonyl (C=O) groups excluding carboxylic acids is 1. The average molecular weight is 368 g/mol. The monoisotopic (exact) mass is 368 g/mol. The molecule has 0 aromatic carbocycles. The van der Waals surface area contributed by atoms with Gasteiger partial charge in [-0.3, -0.25) is 14.7 Å². The summed E-state index contributed by atoms with van der Waals surface area (Å²) in [5.41, 5.74) is 2.78. The lowest BCUT2D eigenvalue weighted by Gasteiger charge is -2.34. The molecule has 0 saturated carbocycles. The van der Waals surface area contributed by atoms with E-state index in [0.717, 1.165) is 35.7 Å². The Morgan fingerprint density at radius 1 is 1.26 bits per heavy atom. The van der Waals surface area contributed by atoms with Gasteiger partial charge in [0.1, 0.15) is 11.5 Å². The summed E-state index contributed by atoms with van der Waals surface area (Å²) >= 11 is 0. The zero-order valence-electron chi connectivity index (χ0n) is 16.8. The van der Waals surface area contributed by atoms with E-state index in [1.807, 2.05) is 56.1 Å². The lowest BCUT2D eigenvalue weighted by atomic mass is 10.0. The molecule has 0 aliphatic carbocycles. The summed E-state index contributed by atoms with van der Waals surface area (Å²) in [4.78, 5) is 32.8.